The van der Waals surface area contributed by atoms with Crippen LogP contribution in [0.3, 0.4) is 0 Å². The predicted octanol–water partition coefficient (Wildman–Crippen LogP) is 2.94. The van der Waals surface area contributed by atoms with Crippen LogP contribution in [0.25, 0.3) is 0 Å². The highest BCUT2D eigenvalue weighted by Gasteiger charge is 2.57. The fraction of sp³-hybridized carbons (Fsp3) is 0.684. The number of hydrogen-bond donors (Lipinski definition) is 3. The van der Waals surface area contributed by atoms with Crippen LogP contribution in [0.1, 0.15) is 44.7 Å². The Labute approximate surface area is 157 Å². The first-order valence-corrected chi connectivity index (χ1v) is 10.6. The van der Waals surface area contributed by atoms with Gasteiger partial charge in [0, 0.05) is 28.8 Å². The summed E-state index contributed by atoms with van der Waals surface area (Å²) in [5.74, 6) is -0.177. The quantitative estimate of drug-likeness (QED) is 0.699. The van der Waals surface area contributed by atoms with E-state index in [0.717, 1.165) is 6.42 Å². The summed E-state index contributed by atoms with van der Waals surface area (Å²) in [5, 5.41) is 10.3. The van der Waals surface area contributed by atoms with E-state index in [0.29, 0.717) is 11.2 Å². The maximum Gasteiger partial charge on any atom is 0.130 e. The lowest BCUT2D eigenvalue weighted by Gasteiger charge is -2.34. The Balaban J connectivity index is 1.60. The summed E-state index contributed by atoms with van der Waals surface area (Å²) in [6.07, 6.45) is 3.91. The van der Waals surface area contributed by atoms with Crippen molar-refractivity contribution in [1.29, 1.82) is 0 Å². The molecule has 0 bridgehead atoms. The smallest absolute Gasteiger partial charge is 0.130 e. The molecule has 5 rings (SSSR count). The molecule has 1 aliphatic carbocycles. The lowest BCUT2D eigenvalue weighted by atomic mass is 9.81. The van der Waals surface area contributed by atoms with Crippen LogP contribution in [0.5, 0.6) is 0 Å². The van der Waals surface area contributed by atoms with Crippen molar-refractivity contribution in [3.8, 4) is 0 Å². The number of rotatable bonds is 1. The predicted molar refractivity (Wildman–Crippen MR) is 99.1 cm³/mol. The number of fused-ring (bicyclic) bond motifs is 5. The van der Waals surface area contributed by atoms with Gasteiger partial charge in [-0.2, -0.15) is 0 Å². The zero-order valence-electron chi connectivity index (χ0n) is 15.1. The minimum absolute atomic E-state index is 0.0718. The van der Waals surface area contributed by atoms with Crippen LogP contribution in [-0.4, -0.2) is 34.0 Å². The van der Waals surface area contributed by atoms with Crippen LogP contribution < -0.4 is 16.1 Å². The Morgan fingerprint density at radius 2 is 1.88 bits per heavy atom. The molecule has 0 aromatic heterocycles. The van der Waals surface area contributed by atoms with Crippen LogP contribution in [0.4, 0.5) is 8.78 Å². The lowest BCUT2D eigenvalue weighted by molar-refractivity contribution is 0.116. The van der Waals surface area contributed by atoms with Gasteiger partial charge in [0.05, 0.1) is 17.7 Å². The Bertz CT molecular complexity index is 684. The summed E-state index contributed by atoms with van der Waals surface area (Å²) in [5.41, 5.74) is 3.78. The minimum atomic E-state index is -0.434. The van der Waals surface area contributed by atoms with Crippen molar-refractivity contribution in [3.63, 3.8) is 0 Å². The topological polar surface area (TPSA) is 39.3 Å². The molecular formula is C19H26F2N4S. The number of thioether (sulfide) groups is 1. The second-order valence-electron chi connectivity index (χ2n) is 8.18. The lowest BCUT2D eigenvalue weighted by Crippen LogP contribution is -2.52. The van der Waals surface area contributed by atoms with Crippen molar-refractivity contribution in [3.05, 3.63) is 35.4 Å². The molecule has 7 unspecified atom stereocenters. The molecule has 3 N–H and O–H groups in total. The summed E-state index contributed by atoms with van der Waals surface area (Å²) in [7, 11) is 0. The third-order valence-corrected chi connectivity index (χ3v) is 8.35. The first-order valence-electron chi connectivity index (χ1n) is 9.70. The normalized spacial score (nSPS) is 45.2. The molecule has 4 fully saturated rings. The highest BCUT2D eigenvalue weighted by Crippen LogP contribution is 2.57. The second kappa shape index (κ2) is 6.41. The number of halogens is 2. The SMILES string of the molecule is CC1NC2[C@H](C)NC(c3c(F)cccc3F)C3C4CCCC4SC3N2N1. The Hall–Kier alpha value is -0.730. The number of nitrogens with one attached hydrogen (secondary N) is 3. The van der Waals surface area contributed by atoms with Crippen molar-refractivity contribution >= 4 is 11.8 Å². The molecule has 8 atom stereocenters. The summed E-state index contributed by atoms with van der Waals surface area (Å²) >= 11 is 2.01. The maximum absolute atomic E-state index is 14.7. The van der Waals surface area contributed by atoms with E-state index in [2.05, 4.69) is 34.9 Å². The minimum Gasteiger partial charge on any atom is -0.304 e. The molecule has 142 valence electrons. The van der Waals surface area contributed by atoms with Crippen molar-refractivity contribution in [2.75, 3.05) is 0 Å². The number of benzene rings is 1. The van der Waals surface area contributed by atoms with E-state index in [-0.39, 0.29) is 41.3 Å². The molecule has 26 heavy (non-hydrogen) atoms. The van der Waals surface area contributed by atoms with E-state index in [1.54, 1.807) is 0 Å². The van der Waals surface area contributed by atoms with Gasteiger partial charge in [0.2, 0.25) is 0 Å². The van der Waals surface area contributed by atoms with Crippen LogP contribution in [0.2, 0.25) is 0 Å². The van der Waals surface area contributed by atoms with Gasteiger partial charge in [-0.25, -0.2) is 19.2 Å². The van der Waals surface area contributed by atoms with E-state index in [1.807, 2.05) is 11.8 Å². The third kappa shape index (κ3) is 2.55. The summed E-state index contributed by atoms with van der Waals surface area (Å²) in [6.45, 7) is 4.22. The molecular weight excluding hydrogens is 354 g/mol. The van der Waals surface area contributed by atoms with Crippen LogP contribution in [-0.2, 0) is 0 Å². The largest absolute Gasteiger partial charge is 0.304 e. The van der Waals surface area contributed by atoms with Crippen molar-refractivity contribution in [2.45, 2.75) is 68.1 Å². The first-order chi connectivity index (χ1) is 12.5. The molecule has 3 saturated heterocycles. The van der Waals surface area contributed by atoms with Gasteiger partial charge >= 0.3 is 0 Å². The van der Waals surface area contributed by atoms with Gasteiger partial charge in [-0.05, 0) is 44.7 Å². The van der Waals surface area contributed by atoms with Crippen molar-refractivity contribution < 1.29 is 8.78 Å². The Kier molecular flexibility index (Phi) is 4.29. The number of nitrogens with zero attached hydrogens (tertiary/aromatic N) is 1. The van der Waals surface area contributed by atoms with E-state index < -0.39 is 11.6 Å². The van der Waals surface area contributed by atoms with Crippen LogP contribution in [0, 0.1) is 23.5 Å². The second-order valence-corrected chi connectivity index (χ2v) is 9.54. The molecule has 0 spiro atoms. The molecule has 4 aliphatic rings. The van der Waals surface area contributed by atoms with E-state index in [1.165, 1.54) is 31.0 Å². The van der Waals surface area contributed by atoms with Gasteiger partial charge in [-0.1, -0.05) is 12.5 Å². The zero-order valence-corrected chi connectivity index (χ0v) is 15.9. The molecule has 3 aliphatic heterocycles. The molecule has 4 nitrogen and oxygen atoms in total. The van der Waals surface area contributed by atoms with E-state index >= 15 is 0 Å². The van der Waals surface area contributed by atoms with Gasteiger partial charge in [-0.3, -0.25) is 5.32 Å². The monoisotopic (exact) mass is 380 g/mol. The van der Waals surface area contributed by atoms with Gasteiger partial charge in [0.1, 0.15) is 11.6 Å². The van der Waals surface area contributed by atoms with Gasteiger partial charge in [0.25, 0.3) is 0 Å². The Morgan fingerprint density at radius 3 is 2.65 bits per heavy atom. The van der Waals surface area contributed by atoms with Crippen LogP contribution in [0.15, 0.2) is 18.2 Å². The van der Waals surface area contributed by atoms with E-state index in [9.17, 15) is 8.78 Å². The standard InChI is InChI=1S/C19H26F2N4S/c1-9-18-23-10(2)24-25(18)19-15(11-5-3-8-14(11)26-19)17(22-9)16-12(20)6-4-7-13(16)21/h4,6-7,9-11,14-15,17-19,22-24H,3,5,8H2,1-2H3/t9-,10?,11?,14?,15?,17?,18?,19?/m0/s1. The molecule has 0 radical (unpaired) electrons. The van der Waals surface area contributed by atoms with Gasteiger partial charge < -0.3 is 5.32 Å². The van der Waals surface area contributed by atoms with Crippen LogP contribution >= 0.6 is 11.8 Å². The molecule has 1 saturated carbocycles. The highest BCUT2D eigenvalue weighted by molar-refractivity contribution is 8.00. The van der Waals surface area contributed by atoms with Gasteiger partial charge in [0.15, 0.2) is 0 Å². The number of hydrazine groups is 1. The third-order valence-electron chi connectivity index (χ3n) is 6.59. The fourth-order valence-corrected chi connectivity index (χ4v) is 7.62. The zero-order chi connectivity index (χ0) is 18.0. The highest BCUT2D eigenvalue weighted by atomic mass is 32.2. The van der Waals surface area contributed by atoms with Crippen molar-refractivity contribution in [1.82, 2.24) is 21.1 Å². The molecule has 1 aromatic carbocycles. The molecule has 7 heteroatoms. The maximum atomic E-state index is 14.7. The molecule has 1 aromatic rings. The average Bonchev–Trinajstić information content (AvgIpc) is 3.25. The Morgan fingerprint density at radius 1 is 1.12 bits per heavy atom. The average molecular weight is 381 g/mol. The summed E-state index contributed by atoms with van der Waals surface area (Å²) < 4.78 is 29.4. The molecule has 3 heterocycles. The fourth-order valence-electron chi connectivity index (χ4n) is 5.57. The van der Waals surface area contributed by atoms with E-state index in [4.69, 9.17) is 0 Å². The summed E-state index contributed by atoms with van der Waals surface area (Å²) in [4.78, 5) is 0. The first kappa shape index (κ1) is 17.4. The molecule has 0 amide bonds. The van der Waals surface area contributed by atoms with Gasteiger partial charge in [-0.15, -0.1) is 11.8 Å². The number of hydrogen-bond acceptors (Lipinski definition) is 5. The van der Waals surface area contributed by atoms with Crippen molar-refractivity contribution in [2.24, 2.45) is 11.8 Å². The summed E-state index contributed by atoms with van der Waals surface area (Å²) in [6, 6.07) is 4.00.